The molecule has 1 fully saturated rings. The monoisotopic (exact) mass is 382 g/mol. The van der Waals surface area contributed by atoms with Crippen molar-refractivity contribution >= 4 is 19.3 Å². The van der Waals surface area contributed by atoms with Gasteiger partial charge in [0.05, 0.1) is 11.4 Å². The average molecular weight is 383 g/mol. The molecule has 0 aliphatic carbocycles. The SMILES string of the molecule is C=N/C(=C\CN1CCN(C)CC1)Nc1cc(-c2ccccn2)[nH]n1.C=NCC. The molecule has 0 aromatic carbocycles. The number of nitrogens with one attached hydrogen (secondary N) is 2. The van der Waals surface area contributed by atoms with Crippen LogP contribution in [-0.2, 0) is 0 Å². The van der Waals surface area contributed by atoms with Crippen molar-refractivity contribution in [2.45, 2.75) is 6.92 Å². The van der Waals surface area contributed by atoms with E-state index in [0.717, 1.165) is 50.7 Å². The Balaban J connectivity index is 0.000000640. The quantitative estimate of drug-likeness (QED) is 0.718. The Kier molecular flexibility index (Phi) is 9.03. The molecule has 2 aromatic rings. The Labute approximate surface area is 167 Å². The van der Waals surface area contributed by atoms with E-state index < -0.39 is 0 Å². The number of likely N-dealkylation sites (N-methyl/N-ethyl adjacent to an activating group) is 1. The van der Waals surface area contributed by atoms with Crippen LogP contribution in [-0.4, -0.2) is 84.7 Å². The molecule has 3 rings (SSSR count). The summed E-state index contributed by atoms with van der Waals surface area (Å²) in [4.78, 5) is 16.6. The lowest BCUT2D eigenvalue weighted by Gasteiger charge is -2.31. The first kappa shape index (κ1) is 21.5. The Morgan fingerprint density at radius 1 is 1.29 bits per heavy atom. The van der Waals surface area contributed by atoms with Crippen LogP contribution in [0.15, 0.2) is 52.3 Å². The molecule has 0 unspecified atom stereocenters. The number of piperazine rings is 1. The summed E-state index contributed by atoms with van der Waals surface area (Å²) < 4.78 is 0. The lowest BCUT2D eigenvalue weighted by atomic mass is 10.3. The van der Waals surface area contributed by atoms with Crippen LogP contribution in [0.5, 0.6) is 0 Å². The highest BCUT2D eigenvalue weighted by molar-refractivity contribution is 5.59. The third kappa shape index (κ3) is 7.05. The molecule has 150 valence electrons. The first-order valence-electron chi connectivity index (χ1n) is 9.40. The number of aromatic nitrogens is 3. The molecule has 1 saturated heterocycles. The van der Waals surface area contributed by atoms with Gasteiger partial charge in [-0.15, -0.1) is 0 Å². The van der Waals surface area contributed by atoms with Crippen molar-refractivity contribution in [1.29, 1.82) is 0 Å². The summed E-state index contributed by atoms with van der Waals surface area (Å²) >= 11 is 0. The molecule has 2 aromatic heterocycles. The van der Waals surface area contributed by atoms with Crippen LogP contribution in [0.2, 0.25) is 0 Å². The van der Waals surface area contributed by atoms with Gasteiger partial charge in [0, 0.05) is 51.5 Å². The number of anilines is 1. The van der Waals surface area contributed by atoms with E-state index in [9.17, 15) is 0 Å². The summed E-state index contributed by atoms with van der Waals surface area (Å²) in [6.07, 6.45) is 3.81. The molecule has 1 aliphatic heterocycles. The van der Waals surface area contributed by atoms with E-state index in [1.807, 2.05) is 37.3 Å². The predicted molar refractivity (Wildman–Crippen MR) is 117 cm³/mol. The van der Waals surface area contributed by atoms with E-state index >= 15 is 0 Å². The van der Waals surface area contributed by atoms with Gasteiger partial charge in [-0.25, -0.2) is 4.99 Å². The van der Waals surface area contributed by atoms with Crippen molar-refractivity contribution in [2.75, 3.05) is 51.6 Å². The lowest BCUT2D eigenvalue weighted by Crippen LogP contribution is -2.44. The van der Waals surface area contributed by atoms with Crippen LogP contribution in [0, 0.1) is 0 Å². The van der Waals surface area contributed by atoms with Gasteiger partial charge in [0.2, 0.25) is 0 Å². The smallest absolute Gasteiger partial charge is 0.153 e. The van der Waals surface area contributed by atoms with Crippen molar-refractivity contribution in [1.82, 2.24) is 25.0 Å². The van der Waals surface area contributed by atoms with Gasteiger partial charge in [0.15, 0.2) is 5.82 Å². The molecular formula is C20H30N8. The Morgan fingerprint density at radius 3 is 2.64 bits per heavy atom. The second kappa shape index (κ2) is 11.8. The van der Waals surface area contributed by atoms with Crippen LogP contribution in [0.4, 0.5) is 5.82 Å². The normalized spacial score (nSPS) is 15.4. The number of hydrogen-bond donors (Lipinski definition) is 2. The summed E-state index contributed by atoms with van der Waals surface area (Å²) in [5.41, 5.74) is 1.72. The van der Waals surface area contributed by atoms with Gasteiger partial charge in [-0.05, 0) is 45.6 Å². The minimum atomic E-state index is 0.702. The molecular weight excluding hydrogens is 352 g/mol. The van der Waals surface area contributed by atoms with Gasteiger partial charge < -0.3 is 15.2 Å². The predicted octanol–water partition coefficient (Wildman–Crippen LogP) is 2.38. The molecule has 8 nitrogen and oxygen atoms in total. The third-order valence-corrected chi connectivity index (χ3v) is 4.31. The maximum absolute atomic E-state index is 4.31. The van der Waals surface area contributed by atoms with Gasteiger partial charge in [-0.3, -0.25) is 15.0 Å². The largest absolute Gasteiger partial charge is 0.324 e. The van der Waals surface area contributed by atoms with E-state index in [1.54, 1.807) is 6.20 Å². The zero-order chi connectivity index (χ0) is 20.2. The number of aromatic amines is 1. The van der Waals surface area contributed by atoms with Crippen molar-refractivity contribution in [2.24, 2.45) is 9.98 Å². The van der Waals surface area contributed by atoms with Crippen LogP contribution in [0.3, 0.4) is 0 Å². The number of H-pyrrole nitrogens is 1. The van der Waals surface area contributed by atoms with Crippen molar-refractivity contribution < 1.29 is 0 Å². The van der Waals surface area contributed by atoms with Crippen LogP contribution >= 0.6 is 0 Å². The molecule has 0 spiro atoms. The molecule has 0 saturated carbocycles. The standard InChI is InChI=1S/C17H23N7.C3H7N/c1-18-16(6-8-24-11-9-23(2)10-12-24)20-17-13-15(21-22-17)14-5-3-4-7-19-14;1-3-4-2/h3-7,13H,1,8-12H2,2H3,(H2,20,21,22);2-3H2,1H3/b16-6+;. The topological polar surface area (TPSA) is 84.8 Å². The number of pyridine rings is 1. The van der Waals surface area contributed by atoms with Crippen LogP contribution in [0.25, 0.3) is 11.4 Å². The third-order valence-electron chi connectivity index (χ3n) is 4.31. The highest BCUT2D eigenvalue weighted by Gasteiger charge is 2.12. The summed E-state index contributed by atoms with van der Waals surface area (Å²) in [5.74, 6) is 1.42. The second-order valence-corrected chi connectivity index (χ2v) is 6.40. The zero-order valence-electron chi connectivity index (χ0n) is 16.8. The number of hydrogen-bond acceptors (Lipinski definition) is 7. The van der Waals surface area contributed by atoms with Crippen molar-refractivity contribution in [3.05, 3.63) is 42.4 Å². The number of aliphatic imine (C=N–C) groups is 2. The van der Waals surface area contributed by atoms with Gasteiger partial charge in [-0.2, -0.15) is 5.10 Å². The Bertz CT molecular complexity index is 745. The Morgan fingerprint density at radius 2 is 2.04 bits per heavy atom. The second-order valence-electron chi connectivity index (χ2n) is 6.40. The zero-order valence-corrected chi connectivity index (χ0v) is 16.8. The van der Waals surface area contributed by atoms with Crippen molar-refractivity contribution in [3.8, 4) is 11.4 Å². The molecule has 3 heterocycles. The molecule has 2 N–H and O–H groups in total. The molecule has 0 atom stereocenters. The van der Waals surface area contributed by atoms with E-state index in [4.69, 9.17) is 0 Å². The summed E-state index contributed by atoms with van der Waals surface area (Å²) in [5, 5.41) is 10.4. The number of nitrogens with zero attached hydrogens (tertiary/aromatic N) is 6. The molecule has 0 radical (unpaired) electrons. The fourth-order valence-electron chi connectivity index (χ4n) is 2.57. The van der Waals surface area contributed by atoms with E-state index in [2.05, 4.69) is 60.8 Å². The molecule has 8 heteroatoms. The fraction of sp³-hybridized carbons (Fsp3) is 0.400. The van der Waals surface area contributed by atoms with E-state index in [1.165, 1.54) is 0 Å². The molecule has 0 bridgehead atoms. The summed E-state index contributed by atoms with van der Waals surface area (Å²) in [6.45, 7) is 14.9. The lowest BCUT2D eigenvalue weighted by molar-refractivity contribution is 0.166. The molecule has 0 amide bonds. The highest BCUT2D eigenvalue weighted by atomic mass is 15.2. The van der Waals surface area contributed by atoms with Gasteiger partial charge >= 0.3 is 0 Å². The minimum Gasteiger partial charge on any atom is -0.324 e. The van der Waals surface area contributed by atoms with Gasteiger partial charge in [0.25, 0.3) is 0 Å². The molecule has 1 aliphatic rings. The maximum Gasteiger partial charge on any atom is 0.153 e. The maximum atomic E-state index is 4.31. The first-order chi connectivity index (χ1) is 13.7. The van der Waals surface area contributed by atoms with Crippen LogP contribution < -0.4 is 5.32 Å². The van der Waals surface area contributed by atoms with E-state index in [0.29, 0.717) is 11.6 Å². The highest BCUT2D eigenvalue weighted by Crippen LogP contribution is 2.18. The van der Waals surface area contributed by atoms with E-state index in [-0.39, 0.29) is 0 Å². The number of rotatable bonds is 7. The Hall–Kier alpha value is -2.84. The van der Waals surface area contributed by atoms with Crippen molar-refractivity contribution in [3.63, 3.8) is 0 Å². The van der Waals surface area contributed by atoms with Gasteiger partial charge in [-0.1, -0.05) is 6.07 Å². The summed E-state index contributed by atoms with van der Waals surface area (Å²) in [7, 11) is 2.15. The van der Waals surface area contributed by atoms with Crippen LogP contribution in [0.1, 0.15) is 6.92 Å². The molecule has 28 heavy (non-hydrogen) atoms. The fourth-order valence-corrected chi connectivity index (χ4v) is 2.57. The van der Waals surface area contributed by atoms with Gasteiger partial charge in [0.1, 0.15) is 5.82 Å². The first-order valence-corrected chi connectivity index (χ1v) is 9.40. The minimum absolute atomic E-state index is 0.702. The summed E-state index contributed by atoms with van der Waals surface area (Å²) in [6, 6.07) is 7.69. The average Bonchev–Trinajstić information content (AvgIpc) is 3.21.